The summed E-state index contributed by atoms with van der Waals surface area (Å²) in [6.45, 7) is 4.15. The van der Waals surface area contributed by atoms with Gasteiger partial charge in [-0.05, 0) is 73.9 Å². The van der Waals surface area contributed by atoms with Crippen molar-refractivity contribution >= 4 is 40.5 Å². The number of thiophene rings is 1. The number of carboxylic acids is 1. The van der Waals surface area contributed by atoms with Crippen molar-refractivity contribution in [3.05, 3.63) is 75.5 Å². The average molecular weight is 493 g/mol. The highest BCUT2D eigenvalue weighted by atomic mass is 32.1. The van der Waals surface area contributed by atoms with Crippen LogP contribution in [0.5, 0.6) is 5.75 Å². The number of benzene rings is 2. The number of carbonyl (C=O) groups is 3. The molecule has 35 heavy (non-hydrogen) atoms. The van der Waals surface area contributed by atoms with E-state index in [-0.39, 0.29) is 24.0 Å². The molecule has 7 nitrogen and oxygen atoms in total. The fourth-order valence-electron chi connectivity index (χ4n) is 4.14. The minimum absolute atomic E-state index is 0.146. The normalized spacial score (nSPS) is 13.9. The van der Waals surface area contributed by atoms with Crippen LogP contribution >= 0.6 is 11.3 Å². The van der Waals surface area contributed by atoms with E-state index in [9.17, 15) is 19.5 Å². The first kappa shape index (κ1) is 24.5. The molecule has 0 bridgehead atoms. The Morgan fingerprint density at radius 2 is 1.94 bits per heavy atom. The van der Waals surface area contributed by atoms with Gasteiger partial charge in [0.25, 0.3) is 11.8 Å². The summed E-state index contributed by atoms with van der Waals surface area (Å²) < 4.78 is 5.80. The largest absolute Gasteiger partial charge is 0.479 e. The zero-order chi connectivity index (χ0) is 24.9. The molecule has 2 amide bonds. The molecule has 1 atom stereocenters. The summed E-state index contributed by atoms with van der Waals surface area (Å²) in [4.78, 5) is 41.1. The van der Waals surface area contributed by atoms with Gasteiger partial charge >= 0.3 is 5.97 Å². The van der Waals surface area contributed by atoms with Crippen molar-refractivity contribution in [3.8, 4) is 5.75 Å². The quantitative estimate of drug-likeness (QED) is 0.452. The molecule has 8 heteroatoms. The minimum atomic E-state index is -1.11. The lowest BCUT2D eigenvalue weighted by atomic mass is 10.1. The Morgan fingerprint density at radius 3 is 2.69 bits per heavy atom. The number of aryl methyl sites for hydroxylation is 2. The molecule has 0 saturated heterocycles. The maximum absolute atomic E-state index is 13.5. The van der Waals surface area contributed by atoms with Crippen molar-refractivity contribution in [2.45, 2.75) is 45.6 Å². The van der Waals surface area contributed by atoms with Crippen molar-refractivity contribution in [2.75, 3.05) is 16.8 Å². The van der Waals surface area contributed by atoms with E-state index in [4.69, 9.17) is 4.74 Å². The standard InChI is InChI=1S/C27H28N2O5S/c1-3-22(27(32)33)34-23-16-18(26(31)29-14-7-6-10-24-21(29)13-15-35-24)11-12-20(23)28-25(30)19-9-5-4-8-17(19)2/h4-5,8-9,11-13,15-16,22H,3,6-7,10,14H2,1-2H3,(H,28,30)(H,32,33). The lowest BCUT2D eigenvalue weighted by molar-refractivity contribution is -0.145. The summed E-state index contributed by atoms with van der Waals surface area (Å²) in [6, 6.07) is 13.9. The number of ether oxygens (including phenoxy) is 1. The van der Waals surface area contributed by atoms with Crippen molar-refractivity contribution in [1.82, 2.24) is 0 Å². The number of hydrogen-bond donors (Lipinski definition) is 2. The van der Waals surface area contributed by atoms with Gasteiger partial charge in [-0.3, -0.25) is 9.59 Å². The highest BCUT2D eigenvalue weighted by molar-refractivity contribution is 7.10. The van der Waals surface area contributed by atoms with Crippen LogP contribution in [0.15, 0.2) is 53.9 Å². The maximum Gasteiger partial charge on any atom is 0.344 e. The van der Waals surface area contributed by atoms with E-state index in [0.29, 0.717) is 23.4 Å². The van der Waals surface area contributed by atoms with Crippen molar-refractivity contribution < 1.29 is 24.2 Å². The first-order valence-electron chi connectivity index (χ1n) is 11.7. The number of carbonyl (C=O) groups excluding carboxylic acids is 2. The highest BCUT2D eigenvalue weighted by Crippen LogP contribution is 2.34. The van der Waals surface area contributed by atoms with Gasteiger partial charge in [-0.1, -0.05) is 25.1 Å². The average Bonchev–Trinajstić information content (AvgIpc) is 3.22. The zero-order valence-corrected chi connectivity index (χ0v) is 20.6. The lowest BCUT2D eigenvalue weighted by Gasteiger charge is -2.23. The molecule has 1 unspecified atom stereocenters. The Kier molecular flexibility index (Phi) is 7.51. The molecule has 2 N–H and O–H groups in total. The van der Waals surface area contributed by atoms with Gasteiger partial charge < -0.3 is 20.1 Å². The topological polar surface area (TPSA) is 95.9 Å². The van der Waals surface area contributed by atoms with E-state index in [1.807, 2.05) is 30.5 Å². The number of nitrogens with one attached hydrogen (secondary N) is 1. The van der Waals surface area contributed by atoms with Crippen LogP contribution in [0.4, 0.5) is 11.4 Å². The molecule has 0 spiro atoms. The molecule has 0 aliphatic carbocycles. The van der Waals surface area contributed by atoms with Crippen LogP contribution < -0.4 is 15.0 Å². The molecule has 182 valence electrons. The number of hydrogen-bond acceptors (Lipinski definition) is 5. The van der Waals surface area contributed by atoms with Gasteiger partial charge in [0.2, 0.25) is 0 Å². The molecule has 0 fully saturated rings. The Balaban J connectivity index is 1.68. The number of carboxylic acid groups (broad SMARTS) is 1. The molecule has 1 aliphatic rings. The van der Waals surface area contributed by atoms with Crippen LogP contribution in [-0.2, 0) is 11.2 Å². The van der Waals surface area contributed by atoms with Crippen molar-refractivity contribution in [1.29, 1.82) is 0 Å². The second-order valence-corrected chi connectivity index (χ2v) is 9.48. The molecule has 4 rings (SSSR count). The molecule has 1 aliphatic heterocycles. The van der Waals surface area contributed by atoms with Gasteiger partial charge in [-0.25, -0.2) is 4.79 Å². The predicted octanol–water partition coefficient (Wildman–Crippen LogP) is 5.53. The summed E-state index contributed by atoms with van der Waals surface area (Å²) in [7, 11) is 0. The monoisotopic (exact) mass is 492 g/mol. The second-order valence-electron chi connectivity index (χ2n) is 8.48. The molecule has 0 saturated carbocycles. The van der Waals surface area contributed by atoms with Gasteiger partial charge in [-0.2, -0.15) is 0 Å². The highest BCUT2D eigenvalue weighted by Gasteiger charge is 2.26. The fraction of sp³-hybridized carbons (Fsp3) is 0.296. The van der Waals surface area contributed by atoms with Gasteiger partial charge in [0.15, 0.2) is 6.10 Å². The Hall–Kier alpha value is -3.65. The zero-order valence-electron chi connectivity index (χ0n) is 19.7. The van der Waals surface area contributed by atoms with Crippen molar-refractivity contribution in [2.24, 2.45) is 0 Å². The summed E-state index contributed by atoms with van der Waals surface area (Å²) >= 11 is 1.65. The third-order valence-corrected chi connectivity index (χ3v) is 7.05. The lowest BCUT2D eigenvalue weighted by Crippen LogP contribution is -2.31. The van der Waals surface area contributed by atoms with E-state index < -0.39 is 12.1 Å². The minimum Gasteiger partial charge on any atom is -0.479 e. The fourth-order valence-corrected chi connectivity index (χ4v) is 5.06. The Morgan fingerprint density at radius 1 is 1.14 bits per heavy atom. The predicted molar refractivity (Wildman–Crippen MR) is 137 cm³/mol. The molecule has 2 aromatic carbocycles. The summed E-state index contributed by atoms with van der Waals surface area (Å²) in [6.07, 6.45) is 1.98. The number of nitrogens with zero attached hydrogens (tertiary/aromatic N) is 1. The van der Waals surface area contributed by atoms with Crippen LogP contribution in [0.3, 0.4) is 0 Å². The van der Waals surface area contributed by atoms with E-state index >= 15 is 0 Å². The summed E-state index contributed by atoms with van der Waals surface area (Å²) in [5, 5.41) is 14.4. The summed E-state index contributed by atoms with van der Waals surface area (Å²) in [5.41, 5.74) is 2.91. The summed E-state index contributed by atoms with van der Waals surface area (Å²) in [5.74, 6) is -1.49. The first-order valence-corrected chi connectivity index (χ1v) is 12.6. The van der Waals surface area contributed by atoms with Crippen LogP contribution in [0.25, 0.3) is 0 Å². The van der Waals surface area contributed by atoms with Gasteiger partial charge in [0, 0.05) is 22.5 Å². The molecule has 1 aromatic heterocycles. The Labute approximate surface area is 208 Å². The first-order chi connectivity index (χ1) is 16.9. The number of aliphatic carboxylic acids is 1. The van der Waals surface area contributed by atoms with E-state index in [2.05, 4.69) is 5.32 Å². The number of amides is 2. The molecular weight excluding hydrogens is 464 g/mol. The third-order valence-electron chi connectivity index (χ3n) is 6.08. The van der Waals surface area contributed by atoms with Gasteiger partial charge in [0.05, 0.1) is 11.4 Å². The Bertz CT molecular complexity index is 1250. The SMILES string of the molecule is CCC(Oc1cc(C(=O)N2CCCCc3sccc32)ccc1NC(=O)c1ccccc1C)C(=O)O. The van der Waals surface area contributed by atoms with Crippen molar-refractivity contribution in [3.63, 3.8) is 0 Å². The number of rotatable bonds is 7. The second kappa shape index (κ2) is 10.7. The van der Waals surface area contributed by atoms with E-state index in [0.717, 1.165) is 30.5 Å². The van der Waals surface area contributed by atoms with Crippen LogP contribution in [0.1, 0.15) is 57.3 Å². The molecular formula is C27H28N2O5S. The molecule has 2 heterocycles. The third kappa shape index (κ3) is 5.38. The number of anilines is 2. The van der Waals surface area contributed by atoms with E-state index in [1.54, 1.807) is 47.4 Å². The van der Waals surface area contributed by atoms with E-state index in [1.165, 1.54) is 10.9 Å². The molecule has 3 aromatic rings. The van der Waals surface area contributed by atoms with Gasteiger partial charge in [-0.15, -0.1) is 11.3 Å². The van der Waals surface area contributed by atoms with Crippen LogP contribution in [0, 0.1) is 6.92 Å². The molecule has 0 radical (unpaired) electrons. The van der Waals surface area contributed by atoms with Crippen LogP contribution in [-0.4, -0.2) is 35.5 Å². The maximum atomic E-state index is 13.5. The van der Waals surface area contributed by atoms with Crippen LogP contribution in [0.2, 0.25) is 0 Å². The smallest absolute Gasteiger partial charge is 0.344 e. The van der Waals surface area contributed by atoms with Gasteiger partial charge in [0.1, 0.15) is 5.75 Å². The number of fused-ring (bicyclic) bond motifs is 1.